The van der Waals surface area contributed by atoms with Gasteiger partial charge in [0, 0.05) is 12.2 Å². The Morgan fingerprint density at radius 3 is 2.35 bits per heavy atom. The standard InChI is InChI=1S/C29H32N2O5S/c1-28(2,3)15-16-30-37(33,34)24-10-7-20(8-11-24)21-5-4-6-23(17-21)31-27(32)29(13-14-29)22-9-12-25-26(18-22)36-19-35-25/h4-12,17-18,30H,13-16,19H2,1-3H3,(H,31,32). The summed E-state index contributed by atoms with van der Waals surface area (Å²) in [5, 5.41) is 3.08. The average molecular weight is 521 g/mol. The van der Waals surface area contributed by atoms with E-state index in [1.54, 1.807) is 24.3 Å². The summed E-state index contributed by atoms with van der Waals surface area (Å²) < 4.78 is 38.9. The highest BCUT2D eigenvalue weighted by molar-refractivity contribution is 7.89. The van der Waals surface area contributed by atoms with Crippen molar-refractivity contribution in [1.29, 1.82) is 0 Å². The minimum Gasteiger partial charge on any atom is -0.454 e. The molecule has 2 N–H and O–H groups in total. The third-order valence-corrected chi connectivity index (χ3v) is 8.37. The largest absolute Gasteiger partial charge is 0.454 e. The van der Waals surface area contributed by atoms with Crippen LogP contribution in [0.2, 0.25) is 0 Å². The van der Waals surface area contributed by atoms with Gasteiger partial charge in [-0.3, -0.25) is 4.79 Å². The lowest BCUT2D eigenvalue weighted by Crippen LogP contribution is -2.27. The Morgan fingerprint density at radius 2 is 1.65 bits per heavy atom. The zero-order valence-electron chi connectivity index (χ0n) is 21.3. The Labute approximate surface area is 218 Å². The van der Waals surface area contributed by atoms with Crippen LogP contribution in [0.4, 0.5) is 5.69 Å². The second-order valence-electron chi connectivity index (χ2n) is 10.9. The number of hydrogen-bond acceptors (Lipinski definition) is 5. The molecule has 1 amide bonds. The van der Waals surface area contributed by atoms with Crippen LogP contribution >= 0.6 is 0 Å². The second kappa shape index (κ2) is 9.50. The molecule has 0 saturated heterocycles. The maximum absolute atomic E-state index is 13.3. The predicted octanol–water partition coefficient (Wildman–Crippen LogP) is 5.47. The maximum Gasteiger partial charge on any atom is 0.240 e. The van der Waals surface area contributed by atoms with E-state index in [1.165, 1.54) is 0 Å². The Bertz CT molecular complexity index is 1420. The number of fused-ring (bicyclic) bond motifs is 1. The minimum absolute atomic E-state index is 0.0497. The minimum atomic E-state index is -3.57. The van der Waals surface area contributed by atoms with E-state index in [2.05, 4.69) is 30.8 Å². The first kappa shape index (κ1) is 25.3. The molecule has 194 valence electrons. The summed E-state index contributed by atoms with van der Waals surface area (Å²) in [4.78, 5) is 13.5. The van der Waals surface area contributed by atoms with E-state index in [4.69, 9.17) is 9.47 Å². The lowest BCUT2D eigenvalue weighted by atomic mass is 9.93. The summed E-state index contributed by atoms with van der Waals surface area (Å²) in [5.74, 6) is 1.33. The molecule has 0 bridgehead atoms. The van der Waals surface area contributed by atoms with E-state index in [9.17, 15) is 13.2 Å². The number of rotatable bonds is 8. The highest BCUT2D eigenvalue weighted by atomic mass is 32.2. The average Bonchev–Trinajstić information content (AvgIpc) is 3.54. The molecule has 1 aliphatic carbocycles. The number of ether oxygens (including phenoxy) is 2. The van der Waals surface area contributed by atoms with Crippen molar-refractivity contribution in [2.75, 3.05) is 18.7 Å². The van der Waals surface area contributed by atoms with Crippen molar-refractivity contribution in [1.82, 2.24) is 4.72 Å². The van der Waals surface area contributed by atoms with Crippen molar-refractivity contribution in [3.05, 3.63) is 72.3 Å². The number of nitrogens with one attached hydrogen (secondary N) is 2. The summed E-state index contributed by atoms with van der Waals surface area (Å²) in [6.45, 7) is 6.83. The molecule has 5 rings (SSSR count). The number of hydrogen-bond donors (Lipinski definition) is 2. The van der Waals surface area contributed by atoms with Crippen molar-refractivity contribution in [3.8, 4) is 22.6 Å². The van der Waals surface area contributed by atoms with E-state index in [0.717, 1.165) is 36.0 Å². The van der Waals surface area contributed by atoms with Gasteiger partial charge in [-0.05, 0) is 77.8 Å². The molecule has 3 aromatic rings. The van der Waals surface area contributed by atoms with Crippen LogP contribution < -0.4 is 19.5 Å². The van der Waals surface area contributed by atoms with Gasteiger partial charge in [0.1, 0.15) is 0 Å². The molecular weight excluding hydrogens is 488 g/mol. The number of carbonyl (C=O) groups is 1. The summed E-state index contributed by atoms with van der Waals surface area (Å²) in [6.07, 6.45) is 2.30. The van der Waals surface area contributed by atoms with E-state index in [0.29, 0.717) is 23.7 Å². The van der Waals surface area contributed by atoms with Gasteiger partial charge in [-0.2, -0.15) is 0 Å². The maximum atomic E-state index is 13.3. The van der Waals surface area contributed by atoms with Gasteiger partial charge >= 0.3 is 0 Å². The van der Waals surface area contributed by atoms with Gasteiger partial charge in [0.25, 0.3) is 0 Å². The van der Waals surface area contributed by atoms with Gasteiger partial charge < -0.3 is 14.8 Å². The molecule has 37 heavy (non-hydrogen) atoms. The first-order chi connectivity index (χ1) is 17.6. The van der Waals surface area contributed by atoms with Crippen LogP contribution in [0.3, 0.4) is 0 Å². The normalized spacial score (nSPS) is 15.9. The van der Waals surface area contributed by atoms with Gasteiger partial charge in [0.2, 0.25) is 22.7 Å². The number of sulfonamides is 1. The van der Waals surface area contributed by atoms with Gasteiger partial charge in [-0.25, -0.2) is 13.1 Å². The van der Waals surface area contributed by atoms with Gasteiger partial charge in [0.05, 0.1) is 10.3 Å². The van der Waals surface area contributed by atoms with E-state index >= 15 is 0 Å². The number of benzene rings is 3. The molecule has 0 radical (unpaired) electrons. The molecule has 2 aliphatic rings. The predicted molar refractivity (Wildman–Crippen MR) is 143 cm³/mol. The van der Waals surface area contributed by atoms with Crippen molar-refractivity contribution < 1.29 is 22.7 Å². The fourth-order valence-corrected chi connectivity index (χ4v) is 5.50. The topological polar surface area (TPSA) is 93.7 Å². The molecule has 7 nitrogen and oxygen atoms in total. The van der Waals surface area contributed by atoms with Crippen molar-refractivity contribution in [2.24, 2.45) is 5.41 Å². The third-order valence-electron chi connectivity index (χ3n) is 6.90. The van der Waals surface area contributed by atoms with E-state index in [-0.39, 0.29) is 23.0 Å². The smallest absolute Gasteiger partial charge is 0.240 e. The highest BCUT2D eigenvalue weighted by Crippen LogP contribution is 2.51. The molecule has 0 aromatic heterocycles. The molecule has 1 heterocycles. The fourth-order valence-electron chi connectivity index (χ4n) is 4.46. The SMILES string of the molecule is CC(C)(C)CCNS(=O)(=O)c1ccc(-c2cccc(NC(=O)C3(c4ccc5c(c4)OCO5)CC3)c2)cc1. The van der Waals surface area contributed by atoms with Crippen LogP contribution in [-0.2, 0) is 20.2 Å². The summed E-state index contributed by atoms with van der Waals surface area (Å²) in [5.41, 5.74) is 2.86. The Hall–Kier alpha value is -3.36. The lowest BCUT2D eigenvalue weighted by molar-refractivity contribution is -0.118. The molecule has 0 spiro atoms. The van der Waals surface area contributed by atoms with Crippen LogP contribution in [0, 0.1) is 5.41 Å². The Balaban J connectivity index is 1.27. The summed E-state index contributed by atoms with van der Waals surface area (Å²) in [6, 6.07) is 20.1. The molecule has 1 aliphatic heterocycles. The monoisotopic (exact) mass is 520 g/mol. The van der Waals surface area contributed by atoms with Crippen LogP contribution in [-0.4, -0.2) is 27.7 Å². The van der Waals surface area contributed by atoms with Crippen molar-refractivity contribution >= 4 is 21.6 Å². The molecule has 3 aromatic carbocycles. The quantitative estimate of drug-likeness (QED) is 0.411. The summed E-state index contributed by atoms with van der Waals surface area (Å²) in [7, 11) is -3.57. The first-order valence-electron chi connectivity index (χ1n) is 12.5. The van der Waals surface area contributed by atoms with Crippen LogP contribution in [0.1, 0.15) is 45.6 Å². The van der Waals surface area contributed by atoms with Gasteiger partial charge in [-0.15, -0.1) is 0 Å². The highest BCUT2D eigenvalue weighted by Gasteiger charge is 2.51. The van der Waals surface area contributed by atoms with Crippen LogP contribution in [0.15, 0.2) is 71.6 Å². The van der Waals surface area contributed by atoms with E-state index < -0.39 is 15.4 Å². The zero-order valence-corrected chi connectivity index (χ0v) is 22.2. The lowest BCUT2D eigenvalue weighted by Gasteiger charge is -2.18. The van der Waals surface area contributed by atoms with Crippen LogP contribution in [0.5, 0.6) is 11.5 Å². The number of amides is 1. The van der Waals surface area contributed by atoms with Crippen LogP contribution in [0.25, 0.3) is 11.1 Å². The number of anilines is 1. The third kappa shape index (κ3) is 5.50. The van der Waals surface area contributed by atoms with E-state index in [1.807, 2.05) is 42.5 Å². The second-order valence-corrected chi connectivity index (χ2v) is 12.7. The molecular formula is C29H32N2O5S. The number of carbonyl (C=O) groups excluding carboxylic acids is 1. The van der Waals surface area contributed by atoms with Crippen molar-refractivity contribution in [3.63, 3.8) is 0 Å². The molecule has 1 saturated carbocycles. The summed E-state index contributed by atoms with van der Waals surface area (Å²) >= 11 is 0. The van der Waals surface area contributed by atoms with Crippen molar-refractivity contribution in [2.45, 2.75) is 50.3 Å². The zero-order chi connectivity index (χ0) is 26.3. The molecule has 0 atom stereocenters. The molecule has 8 heteroatoms. The molecule has 1 fully saturated rings. The van der Waals surface area contributed by atoms with Gasteiger partial charge in [-0.1, -0.05) is 51.1 Å². The first-order valence-corrected chi connectivity index (χ1v) is 14.0. The van der Waals surface area contributed by atoms with Gasteiger partial charge in [0.15, 0.2) is 11.5 Å². The Kier molecular flexibility index (Phi) is 6.50. The molecule has 0 unspecified atom stereocenters. The fraction of sp³-hybridized carbons (Fsp3) is 0.345. The Morgan fingerprint density at radius 1 is 0.919 bits per heavy atom.